The topological polar surface area (TPSA) is 32.3 Å². The van der Waals surface area contributed by atoms with Crippen molar-refractivity contribution in [1.82, 2.24) is 0 Å². The number of hydrogen-bond donors (Lipinski definition) is 1. The van der Waals surface area contributed by atoms with Gasteiger partial charge >= 0.3 is 0 Å². The molecule has 0 unspecified atom stereocenters. The molecule has 0 spiro atoms. The lowest BCUT2D eigenvalue weighted by Gasteiger charge is -2.23. The van der Waals surface area contributed by atoms with Gasteiger partial charge in [0.2, 0.25) is 5.91 Å². The standard InChI is InChI=1S/C23H29ClN2O/c1-15-11-20-19(16(2)22(15)25-21(27)13-23(3,4)5)9-10-26(20)14-17-7-6-8-18(24)12-17/h6-8,11-12H,9-10,13-14H2,1-5H3,(H,25,27). The molecule has 0 aromatic heterocycles. The summed E-state index contributed by atoms with van der Waals surface area (Å²) in [6.45, 7) is 12.3. The molecule has 3 rings (SSSR count). The van der Waals surface area contributed by atoms with Crippen molar-refractivity contribution >= 4 is 28.9 Å². The minimum atomic E-state index is -0.0175. The average Bonchev–Trinajstić information content (AvgIpc) is 2.92. The van der Waals surface area contributed by atoms with Crippen LogP contribution in [0.3, 0.4) is 0 Å². The van der Waals surface area contributed by atoms with Crippen molar-refractivity contribution in [2.24, 2.45) is 5.41 Å². The zero-order valence-electron chi connectivity index (χ0n) is 16.9. The number of nitrogens with one attached hydrogen (secondary N) is 1. The van der Waals surface area contributed by atoms with E-state index in [0.717, 1.165) is 35.8 Å². The highest BCUT2D eigenvalue weighted by atomic mass is 35.5. The first-order valence-electron chi connectivity index (χ1n) is 9.56. The first kappa shape index (κ1) is 19.8. The lowest BCUT2D eigenvalue weighted by Crippen LogP contribution is -2.21. The molecule has 0 bridgehead atoms. The molecule has 0 aliphatic carbocycles. The Morgan fingerprint density at radius 3 is 2.63 bits per heavy atom. The number of benzene rings is 2. The number of carbonyl (C=O) groups is 1. The van der Waals surface area contributed by atoms with Gasteiger partial charge in [-0.25, -0.2) is 0 Å². The summed E-state index contributed by atoms with van der Waals surface area (Å²) in [6.07, 6.45) is 1.52. The lowest BCUT2D eigenvalue weighted by molar-refractivity contribution is -0.117. The minimum Gasteiger partial charge on any atom is -0.367 e. The quantitative estimate of drug-likeness (QED) is 0.712. The van der Waals surface area contributed by atoms with Crippen LogP contribution in [0, 0.1) is 19.3 Å². The molecule has 0 radical (unpaired) electrons. The third kappa shape index (κ3) is 4.65. The van der Waals surface area contributed by atoms with Crippen LogP contribution in [0.15, 0.2) is 30.3 Å². The second kappa shape index (κ2) is 7.55. The van der Waals surface area contributed by atoms with Crippen LogP contribution in [-0.2, 0) is 17.8 Å². The number of nitrogens with zero attached hydrogens (tertiary/aromatic N) is 1. The molecule has 27 heavy (non-hydrogen) atoms. The Labute approximate surface area is 167 Å². The Morgan fingerprint density at radius 2 is 1.96 bits per heavy atom. The van der Waals surface area contributed by atoms with Crippen molar-refractivity contribution in [2.75, 3.05) is 16.8 Å². The number of aryl methyl sites for hydroxylation is 1. The zero-order chi connectivity index (χ0) is 19.8. The summed E-state index contributed by atoms with van der Waals surface area (Å²) in [5.41, 5.74) is 7.11. The Morgan fingerprint density at radius 1 is 1.22 bits per heavy atom. The van der Waals surface area contributed by atoms with Gasteiger partial charge in [-0.2, -0.15) is 0 Å². The Kier molecular flexibility index (Phi) is 5.53. The van der Waals surface area contributed by atoms with Gasteiger partial charge in [-0.1, -0.05) is 44.5 Å². The van der Waals surface area contributed by atoms with Crippen LogP contribution in [0.25, 0.3) is 0 Å². The van der Waals surface area contributed by atoms with Gasteiger partial charge in [0.25, 0.3) is 0 Å². The highest BCUT2D eigenvalue weighted by Gasteiger charge is 2.25. The molecule has 4 heteroatoms. The van der Waals surface area contributed by atoms with Crippen LogP contribution in [0.4, 0.5) is 11.4 Å². The van der Waals surface area contributed by atoms with Gasteiger partial charge in [0.05, 0.1) is 0 Å². The van der Waals surface area contributed by atoms with Crippen LogP contribution >= 0.6 is 11.6 Å². The SMILES string of the molecule is Cc1cc2c(c(C)c1NC(=O)CC(C)(C)C)CCN2Cc1cccc(Cl)c1. The molecule has 2 aromatic rings. The van der Waals surface area contributed by atoms with Crippen molar-refractivity contribution in [3.8, 4) is 0 Å². The number of amides is 1. The predicted octanol–water partition coefficient (Wildman–Crippen LogP) is 5.89. The van der Waals surface area contributed by atoms with E-state index in [1.807, 2.05) is 18.2 Å². The maximum atomic E-state index is 12.4. The van der Waals surface area contributed by atoms with Crippen LogP contribution in [0.5, 0.6) is 0 Å². The van der Waals surface area contributed by atoms with Crippen molar-refractivity contribution in [3.63, 3.8) is 0 Å². The van der Waals surface area contributed by atoms with E-state index in [1.165, 1.54) is 22.4 Å². The first-order valence-corrected chi connectivity index (χ1v) is 9.94. The number of rotatable bonds is 4. The highest BCUT2D eigenvalue weighted by Crippen LogP contribution is 2.38. The van der Waals surface area contributed by atoms with Crippen molar-refractivity contribution in [1.29, 1.82) is 0 Å². The van der Waals surface area contributed by atoms with Gasteiger partial charge in [0, 0.05) is 35.9 Å². The number of fused-ring (bicyclic) bond motifs is 1. The number of hydrogen-bond acceptors (Lipinski definition) is 2. The van der Waals surface area contributed by atoms with Crippen molar-refractivity contribution in [2.45, 2.75) is 54.0 Å². The van der Waals surface area contributed by atoms with E-state index in [-0.39, 0.29) is 11.3 Å². The minimum absolute atomic E-state index is 0.0175. The van der Waals surface area contributed by atoms with Gasteiger partial charge < -0.3 is 10.2 Å². The van der Waals surface area contributed by atoms with Gasteiger partial charge in [0.1, 0.15) is 0 Å². The highest BCUT2D eigenvalue weighted by molar-refractivity contribution is 6.30. The Hall–Kier alpha value is -2.00. The fourth-order valence-corrected chi connectivity index (χ4v) is 4.06. The van der Waals surface area contributed by atoms with E-state index in [0.29, 0.717) is 6.42 Å². The fourth-order valence-electron chi connectivity index (χ4n) is 3.85. The van der Waals surface area contributed by atoms with Gasteiger partial charge in [0.15, 0.2) is 0 Å². The largest absolute Gasteiger partial charge is 0.367 e. The molecule has 0 fully saturated rings. The maximum absolute atomic E-state index is 12.4. The maximum Gasteiger partial charge on any atom is 0.224 e. The summed E-state index contributed by atoms with van der Waals surface area (Å²) in [5.74, 6) is 0.0856. The third-order valence-corrected chi connectivity index (χ3v) is 5.31. The average molecular weight is 385 g/mol. The smallest absolute Gasteiger partial charge is 0.224 e. The lowest BCUT2D eigenvalue weighted by atomic mass is 9.91. The van der Waals surface area contributed by atoms with Gasteiger partial charge in [-0.05, 0) is 66.1 Å². The van der Waals surface area contributed by atoms with Crippen LogP contribution in [-0.4, -0.2) is 12.5 Å². The summed E-state index contributed by atoms with van der Waals surface area (Å²) < 4.78 is 0. The molecule has 1 N–H and O–H groups in total. The molecule has 1 aliphatic rings. The summed E-state index contributed by atoms with van der Waals surface area (Å²) >= 11 is 6.14. The number of carbonyl (C=O) groups excluding carboxylic acids is 1. The summed E-state index contributed by atoms with van der Waals surface area (Å²) in [6, 6.07) is 10.3. The summed E-state index contributed by atoms with van der Waals surface area (Å²) in [4.78, 5) is 14.8. The molecule has 0 saturated heterocycles. The molecule has 0 atom stereocenters. The van der Waals surface area contributed by atoms with E-state index in [2.05, 4.69) is 57.0 Å². The van der Waals surface area contributed by atoms with E-state index in [4.69, 9.17) is 11.6 Å². The second-order valence-electron chi connectivity index (χ2n) is 8.78. The number of halogens is 1. The molecule has 3 nitrogen and oxygen atoms in total. The molecule has 144 valence electrons. The zero-order valence-corrected chi connectivity index (χ0v) is 17.7. The van der Waals surface area contributed by atoms with E-state index in [9.17, 15) is 4.79 Å². The molecule has 2 aromatic carbocycles. The third-order valence-electron chi connectivity index (χ3n) is 5.07. The van der Waals surface area contributed by atoms with Crippen molar-refractivity contribution in [3.05, 3.63) is 57.6 Å². The molecular formula is C23H29ClN2O. The second-order valence-corrected chi connectivity index (χ2v) is 9.21. The summed E-state index contributed by atoms with van der Waals surface area (Å²) in [7, 11) is 0. The Bertz CT molecular complexity index is 867. The molecule has 1 amide bonds. The van der Waals surface area contributed by atoms with Gasteiger partial charge in [-0.15, -0.1) is 0 Å². The van der Waals surface area contributed by atoms with E-state index >= 15 is 0 Å². The summed E-state index contributed by atoms with van der Waals surface area (Å²) in [5, 5.41) is 3.94. The van der Waals surface area contributed by atoms with Crippen LogP contribution in [0.1, 0.15) is 49.4 Å². The first-order chi connectivity index (χ1) is 12.6. The van der Waals surface area contributed by atoms with Gasteiger partial charge in [-0.3, -0.25) is 4.79 Å². The Balaban J connectivity index is 1.84. The van der Waals surface area contributed by atoms with Crippen molar-refractivity contribution < 1.29 is 4.79 Å². The fraction of sp³-hybridized carbons (Fsp3) is 0.435. The van der Waals surface area contributed by atoms with Crippen LogP contribution < -0.4 is 10.2 Å². The van der Waals surface area contributed by atoms with E-state index in [1.54, 1.807) is 0 Å². The predicted molar refractivity (Wildman–Crippen MR) is 115 cm³/mol. The van der Waals surface area contributed by atoms with Crippen LogP contribution in [0.2, 0.25) is 5.02 Å². The molecule has 1 aliphatic heterocycles. The molecular weight excluding hydrogens is 356 g/mol. The molecule has 1 heterocycles. The van der Waals surface area contributed by atoms with E-state index < -0.39 is 0 Å². The molecule has 0 saturated carbocycles. The number of anilines is 2. The monoisotopic (exact) mass is 384 g/mol. The normalized spacial score (nSPS) is 13.6.